The fourth-order valence-corrected chi connectivity index (χ4v) is 4.47. The number of nitrogens with one attached hydrogen (secondary N) is 2. The lowest BCUT2D eigenvalue weighted by Crippen LogP contribution is -2.62. The van der Waals surface area contributed by atoms with Crippen molar-refractivity contribution in [2.75, 3.05) is 13.1 Å². The second-order valence-corrected chi connectivity index (χ2v) is 7.91. The van der Waals surface area contributed by atoms with Crippen LogP contribution < -0.4 is 15.4 Å². The summed E-state index contributed by atoms with van der Waals surface area (Å²) in [5, 5.41) is 5.47. The highest BCUT2D eigenvalue weighted by molar-refractivity contribution is 6.23. The first kappa shape index (κ1) is 16.4. The van der Waals surface area contributed by atoms with E-state index in [1.165, 1.54) is 0 Å². The maximum absolute atomic E-state index is 12.8. The van der Waals surface area contributed by atoms with Crippen molar-refractivity contribution < 1.29 is 23.9 Å². The average molecular weight is 369 g/mol. The summed E-state index contributed by atoms with van der Waals surface area (Å²) in [5.41, 5.74) is 0.905. The van der Waals surface area contributed by atoms with Crippen molar-refractivity contribution in [2.24, 2.45) is 5.41 Å². The van der Waals surface area contributed by atoms with Gasteiger partial charge in [-0.1, -0.05) is 0 Å². The molecule has 1 unspecified atom stereocenters. The van der Waals surface area contributed by atoms with Crippen molar-refractivity contribution in [3.63, 3.8) is 0 Å². The van der Waals surface area contributed by atoms with Crippen molar-refractivity contribution in [2.45, 2.75) is 37.8 Å². The Bertz CT molecular complexity index is 883. The van der Waals surface area contributed by atoms with Crippen LogP contribution in [-0.2, 0) is 9.59 Å². The fourth-order valence-electron chi connectivity index (χ4n) is 4.47. The van der Waals surface area contributed by atoms with E-state index in [4.69, 9.17) is 4.74 Å². The normalized spacial score (nSPS) is 26.5. The molecule has 1 aromatic rings. The minimum Gasteiger partial charge on any atom is -0.490 e. The van der Waals surface area contributed by atoms with Gasteiger partial charge in [-0.2, -0.15) is 0 Å². The number of amides is 4. The largest absolute Gasteiger partial charge is 0.490 e. The number of nitrogens with zero attached hydrogens (tertiary/aromatic N) is 1. The molecule has 1 aromatic carbocycles. The monoisotopic (exact) mass is 369 g/mol. The second-order valence-electron chi connectivity index (χ2n) is 7.91. The summed E-state index contributed by atoms with van der Waals surface area (Å²) in [7, 11) is 0. The number of carbonyl (C=O) groups excluding carboxylic acids is 4. The van der Waals surface area contributed by atoms with Crippen molar-refractivity contribution in [3.8, 4) is 5.75 Å². The van der Waals surface area contributed by atoms with Crippen LogP contribution in [0.1, 0.15) is 46.4 Å². The third kappa shape index (κ3) is 2.47. The summed E-state index contributed by atoms with van der Waals surface area (Å²) in [6.07, 6.45) is 2.37. The summed E-state index contributed by atoms with van der Waals surface area (Å²) in [6, 6.07) is 3.92. The topological polar surface area (TPSA) is 105 Å². The molecule has 1 aliphatic carbocycles. The van der Waals surface area contributed by atoms with E-state index in [2.05, 4.69) is 10.6 Å². The van der Waals surface area contributed by atoms with Gasteiger partial charge >= 0.3 is 0 Å². The molecule has 0 aromatic heterocycles. The number of fused-ring (bicyclic) bond motifs is 1. The number of hydrogen-bond donors (Lipinski definition) is 2. The van der Waals surface area contributed by atoms with Crippen molar-refractivity contribution in [1.29, 1.82) is 0 Å². The van der Waals surface area contributed by atoms with Crippen LogP contribution in [-0.4, -0.2) is 53.8 Å². The van der Waals surface area contributed by atoms with Crippen LogP contribution in [0.15, 0.2) is 18.2 Å². The highest BCUT2D eigenvalue weighted by Crippen LogP contribution is 2.46. The Morgan fingerprint density at radius 3 is 2.44 bits per heavy atom. The van der Waals surface area contributed by atoms with Crippen LogP contribution in [0.2, 0.25) is 0 Å². The molecule has 3 heterocycles. The molecule has 3 aliphatic heterocycles. The highest BCUT2D eigenvalue weighted by atomic mass is 16.5. The van der Waals surface area contributed by atoms with Gasteiger partial charge in [0.05, 0.1) is 17.2 Å². The highest BCUT2D eigenvalue weighted by Gasteiger charge is 2.50. The Morgan fingerprint density at radius 1 is 1.04 bits per heavy atom. The second kappa shape index (κ2) is 5.63. The van der Waals surface area contributed by atoms with Gasteiger partial charge in [0.15, 0.2) is 0 Å². The maximum atomic E-state index is 12.8. The molecule has 5 rings (SSSR count). The van der Waals surface area contributed by atoms with Gasteiger partial charge in [0.1, 0.15) is 11.8 Å². The third-order valence-electron chi connectivity index (χ3n) is 6.04. The molecule has 3 fully saturated rings. The molecule has 1 atom stereocenters. The Kier molecular flexibility index (Phi) is 3.42. The summed E-state index contributed by atoms with van der Waals surface area (Å²) < 4.78 is 5.97. The van der Waals surface area contributed by atoms with Crippen LogP contribution >= 0.6 is 0 Å². The van der Waals surface area contributed by atoms with Crippen LogP contribution in [0.4, 0.5) is 0 Å². The third-order valence-corrected chi connectivity index (χ3v) is 6.04. The fraction of sp³-hybridized carbons (Fsp3) is 0.474. The number of rotatable bonds is 3. The van der Waals surface area contributed by atoms with Gasteiger partial charge in [0.25, 0.3) is 11.8 Å². The Morgan fingerprint density at radius 2 is 1.78 bits per heavy atom. The number of benzene rings is 1. The van der Waals surface area contributed by atoms with Crippen LogP contribution in [0.25, 0.3) is 0 Å². The lowest BCUT2D eigenvalue weighted by molar-refractivity contribution is -0.136. The van der Waals surface area contributed by atoms with Crippen molar-refractivity contribution in [1.82, 2.24) is 15.5 Å². The van der Waals surface area contributed by atoms with E-state index >= 15 is 0 Å². The summed E-state index contributed by atoms with van der Waals surface area (Å²) in [5.74, 6) is -1.44. The molecular formula is C19H19N3O5. The predicted octanol–water partition coefficient (Wildman–Crippen LogP) is 0.219. The smallest absolute Gasteiger partial charge is 0.262 e. The molecule has 27 heavy (non-hydrogen) atoms. The van der Waals surface area contributed by atoms with Gasteiger partial charge in [0, 0.05) is 24.9 Å². The molecule has 0 bridgehead atoms. The first-order valence-electron chi connectivity index (χ1n) is 9.19. The number of imide groups is 2. The quantitative estimate of drug-likeness (QED) is 0.739. The minimum absolute atomic E-state index is 0.108. The molecule has 4 amide bonds. The van der Waals surface area contributed by atoms with E-state index in [0.29, 0.717) is 11.2 Å². The molecule has 1 spiro atoms. The number of carbonyl (C=O) groups is 4. The van der Waals surface area contributed by atoms with Crippen LogP contribution in [0.3, 0.4) is 0 Å². The number of ether oxygens (including phenoxy) is 1. The summed E-state index contributed by atoms with van der Waals surface area (Å²) >= 11 is 0. The Balaban J connectivity index is 1.33. The van der Waals surface area contributed by atoms with Crippen LogP contribution in [0, 0.1) is 5.41 Å². The van der Waals surface area contributed by atoms with Crippen molar-refractivity contribution in [3.05, 3.63) is 29.3 Å². The molecule has 2 saturated heterocycles. The van der Waals surface area contributed by atoms with E-state index in [1.54, 1.807) is 18.2 Å². The van der Waals surface area contributed by atoms with Crippen molar-refractivity contribution >= 4 is 23.6 Å². The van der Waals surface area contributed by atoms with E-state index < -0.39 is 23.8 Å². The molecule has 2 N–H and O–H groups in total. The Labute approximate surface area is 155 Å². The van der Waals surface area contributed by atoms with Gasteiger partial charge in [-0.05, 0) is 37.5 Å². The van der Waals surface area contributed by atoms with E-state index in [-0.39, 0.29) is 36.0 Å². The molecule has 4 aliphatic rings. The van der Waals surface area contributed by atoms with Gasteiger partial charge in [-0.15, -0.1) is 0 Å². The zero-order chi connectivity index (χ0) is 18.8. The summed E-state index contributed by atoms with van der Waals surface area (Å²) in [6.45, 7) is 2.07. The predicted molar refractivity (Wildman–Crippen MR) is 92.1 cm³/mol. The van der Waals surface area contributed by atoms with Gasteiger partial charge in [0.2, 0.25) is 11.8 Å². The number of piperidine rings is 1. The molecule has 0 radical (unpaired) electrons. The maximum Gasteiger partial charge on any atom is 0.262 e. The molecule has 1 saturated carbocycles. The average Bonchev–Trinajstić information content (AvgIpc) is 2.80. The van der Waals surface area contributed by atoms with E-state index in [0.717, 1.165) is 30.8 Å². The molecule has 140 valence electrons. The molecule has 8 heteroatoms. The van der Waals surface area contributed by atoms with E-state index in [1.807, 2.05) is 0 Å². The van der Waals surface area contributed by atoms with Gasteiger partial charge in [-0.25, -0.2) is 0 Å². The lowest BCUT2D eigenvalue weighted by atomic mass is 9.63. The summed E-state index contributed by atoms with van der Waals surface area (Å²) in [4.78, 5) is 49.8. The SMILES string of the molecule is O=C1CCC(N2C(=O)c3ccc(OC4CC5(CNC5)C4)cc3C2=O)C(=O)N1. The molecular weight excluding hydrogens is 350 g/mol. The standard InChI is InChI=1S/C19H19N3O5/c23-15-4-3-14(16(24)21-15)22-17(25)12-2-1-10(5-13(12)18(22)26)27-11-6-19(7-11)8-20-9-19/h1-2,5,11,14,20H,3-4,6-9H2,(H,21,23,24). The van der Waals surface area contributed by atoms with Gasteiger partial charge in [-0.3, -0.25) is 29.4 Å². The first-order chi connectivity index (χ1) is 13.0. The Hall–Kier alpha value is -2.74. The zero-order valence-corrected chi connectivity index (χ0v) is 14.6. The molecule has 8 nitrogen and oxygen atoms in total. The number of hydrogen-bond acceptors (Lipinski definition) is 6. The zero-order valence-electron chi connectivity index (χ0n) is 14.6. The lowest BCUT2D eigenvalue weighted by Gasteiger charge is -2.53. The van der Waals surface area contributed by atoms with E-state index in [9.17, 15) is 19.2 Å². The first-order valence-corrected chi connectivity index (χ1v) is 9.19. The van der Waals surface area contributed by atoms with Crippen LogP contribution in [0.5, 0.6) is 5.75 Å². The minimum atomic E-state index is -0.947. The van der Waals surface area contributed by atoms with Gasteiger partial charge < -0.3 is 10.1 Å².